The van der Waals surface area contributed by atoms with Crippen molar-refractivity contribution in [2.75, 3.05) is 0 Å². The maximum Gasteiger partial charge on any atom is 0.228 e. The zero-order valence-corrected chi connectivity index (χ0v) is 12.7. The molecule has 0 radical (unpaired) electrons. The van der Waals surface area contributed by atoms with Gasteiger partial charge in [-0.05, 0) is 31.2 Å². The first-order valence-electron chi connectivity index (χ1n) is 7.25. The molecule has 0 unspecified atom stereocenters. The molecule has 23 heavy (non-hydrogen) atoms. The summed E-state index contributed by atoms with van der Waals surface area (Å²) in [7, 11) is 0. The van der Waals surface area contributed by atoms with Crippen LogP contribution in [0.25, 0.3) is 11.5 Å². The lowest BCUT2D eigenvalue weighted by Gasteiger charge is -2.03. The first kappa shape index (κ1) is 14.9. The molecule has 0 spiro atoms. The monoisotopic (exact) mass is 308 g/mol. The molecule has 6 heteroatoms. The second-order valence-corrected chi connectivity index (χ2v) is 5.04. The summed E-state index contributed by atoms with van der Waals surface area (Å²) in [6.45, 7) is 2.19. The highest BCUT2D eigenvalue weighted by atomic mass is 16.4. The second kappa shape index (κ2) is 6.83. The summed E-state index contributed by atoms with van der Waals surface area (Å²) in [5.41, 5.74) is 2.23. The molecule has 116 valence electrons. The molecule has 0 saturated carbocycles. The Morgan fingerprint density at radius 2 is 2.13 bits per heavy atom. The van der Waals surface area contributed by atoms with Gasteiger partial charge in [0.25, 0.3) is 0 Å². The fourth-order valence-corrected chi connectivity index (χ4v) is 2.11. The van der Waals surface area contributed by atoms with Crippen molar-refractivity contribution < 1.29 is 9.21 Å². The molecule has 0 atom stereocenters. The molecule has 0 aromatic carbocycles. The van der Waals surface area contributed by atoms with Crippen molar-refractivity contribution in [3.8, 4) is 11.5 Å². The summed E-state index contributed by atoms with van der Waals surface area (Å²) in [6.07, 6.45) is 5.23. The van der Waals surface area contributed by atoms with Crippen LogP contribution in [0.15, 0.2) is 53.3 Å². The maximum absolute atomic E-state index is 12.1. The van der Waals surface area contributed by atoms with E-state index in [1.165, 1.54) is 0 Å². The van der Waals surface area contributed by atoms with Crippen LogP contribution in [0, 0.1) is 6.92 Å². The Hall–Kier alpha value is -3.02. The van der Waals surface area contributed by atoms with Crippen LogP contribution in [0.2, 0.25) is 0 Å². The van der Waals surface area contributed by atoms with E-state index in [1.807, 2.05) is 30.3 Å². The van der Waals surface area contributed by atoms with Gasteiger partial charge in [0.15, 0.2) is 0 Å². The molecule has 1 amide bonds. The molecule has 3 heterocycles. The third kappa shape index (κ3) is 3.79. The molecule has 0 aliphatic rings. The van der Waals surface area contributed by atoms with Crippen molar-refractivity contribution in [1.82, 2.24) is 20.3 Å². The first-order valence-corrected chi connectivity index (χ1v) is 7.25. The Morgan fingerprint density at radius 3 is 2.87 bits per heavy atom. The molecular formula is C17H16N4O2. The highest BCUT2D eigenvalue weighted by Crippen LogP contribution is 2.20. The lowest BCUT2D eigenvalue weighted by Crippen LogP contribution is -2.25. The summed E-state index contributed by atoms with van der Waals surface area (Å²) in [6, 6.07) is 9.26. The van der Waals surface area contributed by atoms with Gasteiger partial charge in [-0.15, -0.1) is 0 Å². The minimum Gasteiger partial charge on any atom is -0.441 e. The zero-order valence-electron chi connectivity index (χ0n) is 12.7. The molecule has 3 aromatic rings. The zero-order chi connectivity index (χ0) is 16.1. The van der Waals surface area contributed by atoms with Crippen LogP contribution in [0.4, 0.5) is 0 Å². The van der Waals surface area contributed by atoms with Crippen molar-refractivity contribution in [2.24, 2.45) is 0 Å². The van der Waals surface area contributed by atoms with Crippen LogP contribution in [0.3, 0.4) is 0 Å². The smallest absolute Gasteiger partial charge is 0.228 e. The van der Waals surface area contributed by atoms with Crippen molar-refractivity contribution in [1.29, 1.82) is 0 Å². The summed E-state index contributed by atoms with van der Waals surface area (Å²) in [5.74, 6) is 0.991. The number of carbonyl (C=O) groups excluding carboxylic acids is 1. The highest BCUT2D eigenvalue weighted by Gasteiger charge is 2.14. The van der Waals surface area contributed by atoms with Gasteiger partial charge in [-0.25, -0.2) is 4.98 Å². The summed E-state index contributed by atoms with van der Waals surface area (Å²) in [5, 5.41) is 2.83. The van der Waals surface area contributed by atoms with Crippen LogP contribution in [0.1, 0.15) is 17.1 Å². The van der Waals surface area contributed by atoms with Crippen LogP contribution in [-0.2, 0) is 17.8 Å². The van der Waals surface area contributed by atoms with Gasteiger partial charge in [-0.3, -0.25) is 14.8 Å². The summed E-state index contributed by atoms with van der Waals surface area (Å²) >= 11 is 0. The molecule has 0 bridgehead atoms. The molecule has 3 aromatic heterocycles. The topological polar surface area (TPSA) is 80.9 Å². The van der Waals surface area contributed by atoms with Gasteiger partial charge in [0.05, 0.1) is 29.9 Å². The van der Waals surface area contributed by atoms with Crippen LogP contribution < -0.4 is 5.32 Å². The Labute approximate surface area is 133 Å². The number of pyridine rings is 2. The van der Waals surface area contributed by atoms with E-state index in [0.717, 1.165) is 11.3 Å². The fourth-order valence-electron chi connectivity index (χ4n) is 2.11. The van der Waals surface area contributed by atoms with Gasteiger partial charge >= 0.3 is 0 Å². The van der Waals surface area contributed by atoms with E-state index in [-0.39, 0.29) is 12.3 Å². The van der Waals surface area contributed by atoms with Gasteiger partial charge in [0.1, 0.15) is 5.76 Å². The van der Waals surface area contributed by atoms with E-state index < -0.39 is 0 Å². The largest absolute Gasteiger partial charge is 0.441 e. The molecular weight excluding hydrogens is 292 g/mol. The normalized spacial score (nSPS) is 10.5. The minimum atomic E-state index is -0.121. The van der Waals surface area contributed by atoms with Gasteiger partial charge < -0.3 is 9.73 Å². The minimum absolute atomic E-state index is 0.121. The Balaban J connectivity index is 1.64. The predicted octanol–water partition coefficient (Wildman–Crippen LogP) is 2.30. The molecule has 3 rings (SSSR count). The van der Waals surface area contributed by atoms with Gasteiger partial charge in [0, 0.05) is 18.6 Å². The molecule has 0 aliphatic heterocycles. The third-order valence-electron chi connectivity index (χ3n) is 3.32. The Morgan fingerprint density at radius 1 is 1.22 bits per heavy atom. The van der Waals surface area contributed by atoms with Gasteiger partial charge in [0.2, 0.25) is 11.8 Å². The highest BCUT2D eigenvalue weighted by molar-refractivity contribution is 5.78. The fraction of sp³-hybridized carbons (Fsp3) is 0.176. The maximum atomic E-state index is 12.1. The molecule has 6 nitrogen and oxygen atoms in total. The second-order valence-electron chi connectivity index (χ2n) is 5.04. The van der Waals surface area contributed by atoms with Crippen LogP contribution in [0.5, 0.6) is 0 Å². The number of amides is 1. The number of hydrogen-bond donors (Lipinski definition) is 1. The number of rotatable bonds is 5. The predicted molar refractivity (Wildman–Crippen MR) is 84.3 cm³/mol. The van der Waals surface area contributed by atoms with Crippen LogP contribution in [-0.4, -0.2) is 20.9 Å². The average Bonchev–Trinajstić information content (AvgIpc) is 2.95. The van der Waals surface area contributed by atoms with E-state index in [4.69, 9.17) is 4.42 Å². The number of carbonyl (C=O) groups is 1. The van der Waals surface area contributed by atoms with Crippen molar-refractivity contribution >= 4 is 5.91 Å². The van der Waals surface area contributed by atoms with Crippen molar-refractivity contribution in [2.45, 2.75) is 19.9 Å². The van der Waals surface area contributed by atoms with Gasteiger partial charge in [-0.1, -0.05) is 6.07 Å². The quantitative estimate of drug-likeness (QED) is 0.782. The number of aryl methyl sites for hydroxylation is 1. The molecule has 1 N–H and O–H groups in total. The van der Waals surface area contributed by atoms with E-state index in [2.05, 4.69) is 20.3 Å². The lowest BCUT2D eigenvalue weighted by atomic mass is 10.2. The van der Waals surface area contributed by atoms with Crippen molar-refractivity contribution in [3.05, 3.63) is 66.1 Å². The summed E-state index contributed by atoms with van der Waals surface area (Å²) < 4.78 is 5.62. The molecule has 0 fully saturated rings. The van der Waals surface area contributed by atoms with Gasteiger partial charge in [-0.2, -0.15) is 0 Å². The Kier molecular flexibility index (Phi) is 4.42. The molecule has 0 aliphatic carbocycles. The van der Waals surface area contributed by atoms with E-state index >= 15 is 0 Å². The van der Waals surface area contributed by atoms with E-state index in [9.17, 15) is 4.79 Å². The lowest BCUT2D eigenvalue weighted by molar-refractivity contribution is -0.120. The average molecular weight is 308 g/mol. The standard InChI is InChI=1S/C17H16N4O2/c1-12-15(21-17(23-12)13-5-4-7-18-10-13)9-16(22)20-11-14-6-2-3-8-19-14/h2-8,10H,9,11H2,1H3,(H,20,22). The third-order valence-corrected chi connectivity index (χ3v) is 3.32. The SMILES string of the molecule is Cc1oc(-c2cccnc2)nc1CC(=O)NCc1ccccn1. The Bertz CT molecular complexity index is 785. The number of oxazole rings is 1. The van der Waals surface area contributed by atoms with Crippen molar-refractivity contribution in [3.63, 3.8) is 0 Å². The number of nitrogens with one attached hydrogen (secondary N) is 1. The number of nitrogens with zero attached hydrogens (tertiary/aromatic N) is 3. The van der Waals surface area contributed by atoms with E-state index in [1.54, 1.807) is 25.5 Å². The number of aromatic nitrogens is 3. The van der Waals surface area contributed by atoms with Crippen LogP contribution >= 0.6 is 0 Å². The van der Waals surface area contributed by atoms with E-state index in [0.29, 0.717) is 23.9 Å². The first-order chi connectivity index (χ1) is 11.2. The summed E-state index contributed by atoms with van der Waals surface area (Å²) in [4.78, 5) is 24.6. The number of hydrogen-bond acceptors (Lipinski definition) is 5. The molecule has 0 saturated heterocycles.